The molecule has 0 atom stereocenters. The second kappa shape index (κ2) is 14.5. The van der Waals surface area contributed by atoms with Crippen LogP contribution in [0.3, 0.4) is 0 Å². The minimum absolute atomic E-state index is 0.333. The lowest BCUT2D eigenvalue weighted by molar-refractivity contribution is 0.622. The van der Waals surface area contributed by atoms with Gasteiger partial charge in [-0.15, -0.1) is 0 Å². The molecule has 0 aromatic rings. The topological polar surface area (TPSA) is 12.0 Å². The molecule has 0 aromatic carbocycles. The van der Waals surface area contributed by atoms with Gasteiger partial charge in [0, 0.05) is 9.52 Å². The van der Waals surface area contributed by atoms with Crippen LogP contribution in [0.2, 0.25) is 12.1 Å². The van der Waals surface area contributed by atoms with Crippen molar-refractivity contribution in [3.05, 3.63) is 6.92 Å². The summed E-state index contributed by atoms with van der Waals surface area (Å²) in [6, 6.07) is 3.04. The molecule has 0 fully saturated rings. The maximum absolute atomic E-state index is 3.76. The Labute approximate surface area is 103 Å². The van der Waals surface area contributed by atoms with E-state index in [0.717, 1.165) is 13.1 Å². The average Bonchev–Trinajstić information content (AvgIpc) is 2.26. The van der Waals surface area contributed by atoms with Gasteiger partial charge in [-0.3, -0.25) is 0 Å². The van der Waals surface area contributed by atoms with Gasteiger partial charge in [-0.1, -0.05) is 31.9 Å². The van der Waals surface area contributed by atoms with Gasteiger partial charge in [-0.05, 0) is 44.4 Å². The van der Waals surface area contributed by atoms with Gasteiger partial charge in [0.15, 0.2) is 0 Å². The van der Waals surface area contributed by atoms with Crippen LogP contribution in [0.15, 0.2) is 0 Å². The lowest BCUT2D eigenvalue weighted by Gasteiger charge is -2.02. The van der Waals surface area contributed by atoms with E-state index < -0.39 is 0 Å². The molecule has 1 nitrogen and oxygen atoms in total. The quantitative estimate of drug-likeness (QED) is 0.420. The molecule has 0 unspecified atom stereocenters. The molecular formula is C12H28NSSi. The molecular weight excluding hydrogens is 218 g/mol. The van der Waals surface area contributed by atoms with Gasteiger partial charge in [0.05, 0.1) is 0 Å². The minimum Gasteiger partial charge on any atom is -0.317 e. The maximum Gasteiger partial charge on any atom is 0.0204 e. The molecule has 1 N–H and O–H groups in total. The summed E-state index contributed by atoms with van der Waals surface area (Å²) >= 11 is 2.17. The SMILES string of the molecule is [CH2]CNCCCCCCSCC[SiH2]CC. The second-order valence-corrected chi connectivity index (χ2v) is 7.62. The Hall–Kier alpha value is 0.527. The number of hydrogen-bond donors (Lipinski definition) is 1. The second-order valence-electron chi connectivity index (χ2n) is 3.98. The molecule has 1 radical (unpaired) electrons. The third kappa shape index (κ3) is 14.5. The predicted octanol–water partition coefficient (Wildman–Crippen LogP) is 2.73. The molecule has 91 valence electrons. The Morgan fingerprint density at radius 3 is 2.67 bits per heavy atom. The van der Waals surface area contributed by atoms with Crippen LogP contribution in [0, 0.1) is 6.92 Å². The largest absolute Gasteiger partial charge is 0.317 e. The van der Waals surface area contributed by atoms with Crippen molar-refractivity contribution in [1.82, 2.24) is 5.32 Å². The Morgan fingerprint density at radius 1 is 1.13 bits per heavy atom. The first-order valence-corrected chi connectivity index (χ1v) is 9.65. The normalized spacial score (nSPS) is 11.6. The summed E-state index contributed by atoms with van der Waals surface area (Å²) in [6.45, 7) is 8.11. The number of unbranched alkanes of at least 4 members (excludes halogenated alkanes) is 3. The highest BCUT2D eigenvalue weighted by Crippen LogP contribution is 2.08. The highest BCUT2D eigenvalue weighted by Gasteiger charge is 1.92. The summed E-state index contributed by atoms with van der Waals surface area (Å²) in [4.78, 5) is 0. The van der Waals surface area contributed by atoms with E-state index in [1.54, 1.807) is 6.04 Å². The standard InChI is InChI=1S/C12H28NSSi/c1-3-13-9-7-5-6-8-10-14-11-12-15-4-2/h13H,1,3-12,15H2,2H3. The number of nitrogens with one attached hydrogen (secondary N) is 1. The molecule has 0 aliphatic rings. The highest BCUT2D eigenvalue weighted by atomic mass is 32.2. The van der Waals surface area contributed by atoms with Crippen LogP contribution in [0.5, 0.6) is 0 Å². The summed E-state index contributed by atoms with van der Waals surface area (Å²) in [7, 11) is 0.333. The Kier molecular flexibility index (Phi) is 15.0. The van der Waals surface area contributed by atoms with E-state index in [1.807, 2.05) is 0 Å². The van der Waals surface area contributed by atoms with E-state index in [2.05, 4.69) is 30.9 Å². The van der Waals surface area contributed by atoms with Crippen LogP contribution >= 0.6 is 11.8 Å². The van der Waals surface area contributed by atoms with Gasteiger partial charge in [-0.25, -0.2) is 0 Å². The lowest BCUT2D eigenvalue weighted by Crippen LogP contribution is -2.13. The molecule has 3 heteroatoms. The summed E-state index contributed by atoms with van der Waals surface area (Å²) in [5, 5.41) is 3.26. The zero-order valence-corrected chi connectivity index (χ0v) is 12.6. The molecule has 15 heavy (non-hydrogen) atoms. The Morgan fingerprint density at radius 2 is 1.93 bits per heavy atom. The van der Waals surface area contributed by atoms with Crippen molar-refractivity contribution in [2.45, 2.75) is 44.7 Å². The molecule has 0 saturated carbocycles. The van der Waals surface area contributed by atoms with Crippen molar-refractivity contribution >= 4 is 21.3 Å². The van der Waals surface area contributed by atoms with Crippen molar-refractivity contribution in [1.29, 1.82) is 0 Å². The van der Waals surface area contributed by atoms with Crippen LogP contribution < -0.4 is 5.32 Å². The third-order valence-corrected chi connectivity index (χ3v) is 5.69. The van der Waals surface area contributed by atoms with Crippen molar-refractivity contribution < 1.29 is 0 Å². The molecule has 0 aliphatic heterocycles. The van der Waals surface area contributed by atoms with E-state index in [4.69, 9.17) is 0 Å². The minimum atomic E-state index is 0.333. The first-order chi connectivity index (χ1) is 7.41. The fourth-order valence-electron chi connectivity index (χ4n) is 1.49. The van der Waals surface area contributed by atoms with E-state index in [-0.39, 0.29) is 0 Å². The van der Waals surface area contributed by atoms with Gasteiger partial charge in [0.1, 0.15) is 0 Å². The van der Waals surface area contributed by atoms with Gasteiger partial charge in [0.25, 0.3) is 0 Å². The fourth-order valence-corrected chi connectivity index (χ4v) is 4.23. The average molecular weight is 247 g/mol. The summed E-state index contributed by atoms with van der Waals surface area (Å²) in [5.74, 6) is 2.82. The van der Waals surface area contributed by atoms with Crippen molar-refractivity contribution in [2.24, 2.45) is 0 Å². The summed E-state index contributed by atoms with van der Waals surface area (Å²) in [6.07, 6.45) is 5.54. The fraction of sp³-hybridized carbons (Fsp3) is 0.917. The van der Waals surface area contributed by atoms with E-state index in [0.29, 0.717) is 9.52 Å². The van der Waals surface area contributed by atoms with E-state index >= 15 is 0 Å². The van der Waals surface area contributed by atoms with Crippen LogP contribution in [0.1, 0.15) is 32.6 Å². The highest BCUT2D eigenvalue weighted by molar-refractivity contribution is 7.99. The lowest BCUT2D eigenvalue weighted by atomic mass is 10.2. The van der Waals surface area contributed by atoms with Gasteiger partial charge >= 0.3 is 0 Å². The van der Waals surface area contributed by atoms with Crippen LogP contribution in [-0.4, -0.2) is 34.1 Å². The Bertz CT molecular complexity index is 99.8. The molecule has 0 aliphatic carbocycles. The monoisotopic (exact) mass is 246 g/mol. The van der Waals surface area contributed by atoms with Crippen molar-refractivity contribution in [3.63, 3.8) is 0 Å². The third-order valence-electron chi connectivity index (χ3n) is 2.46. The van der Waals surface area contributed by atoms with E-state index in [9.17, 15) is 0 Å². The molecule has 0 amide bonds. The first kappa shape index (κ1) is 15.5. The molecule has 0 spiro atoms. The molecule has 0 saturated heterocycles. The van der Waals surface area contributed by atoms with Crippen LogP contribution in [-0.2, 0) is 0 Å². The predicted molar refractivity (Wildman–Crippen MR) is 77.9 cm³/mol. The molecule has 0 heterocycles. The number of hydrogen-bond acceptors (Lipinski definition) is 2. The first-order valence-electron chi connectivity index (χ1n) is 6.49. The summed E-state index contributed by atoms with van der Waals surface area (Å²) < 4.78 is 0. The van der Waals surface area contributed by atoms with Gasteiger partial charge in [0.2, 0.25) is 0 Å². The molecule has 0 aromatic heterocycles. The maximum atomic E-state index is 3.76. The summed E-state index contributed by atoms with van der Waals surface area (Å²) in [5.41, 5.74) is 0. The van der Waals surface area contributed by atoms with Crippen LogP contribution in [0.4, 0.5) is 0 Å². The molecule has 0 rings (SSSR count). The number of rotatable bonds is 12. The van der Waals surface area contributed by atoms with E-state index in [1.165, 1.54) is 43.2 Å². The zero-order valence-electron chi connectivity index (χ0n) is 10.4. The zero-order chi connectivity index (χ0) is 11.2. The number of thioether (sulfide) groups is 1. The Balaban J connectivity index is 2.81. The smallest absolute Gasteiger partial charge is 0.0204 e. The van der Waals surface area contributed by atoms with Crippen LogP contribution in [0.25, 0.3) is 0 Å². The van der Waals surface area contributed by atoms with Gasteiger partial charge in [-0.2, -0.15) is 11.8 Å². The van der Waals surface area contributed by atoms with Crippen molar-refractivity contribution in [2.75, 3.05) is 24.6 Å². The molecule has 0 bridgehead atoms. The van der Waals surface area contributed by atoms with Crippen molar-refractivity contribution in [3.8, 4) is 0 Å². The van der Waals surface area contributed by atoms with Gasteiger partial charge < -0.3 is 5.32 Å².